The zero-order valence-corrected chi connectivity index (χ0v) is 11.8. The van der Waals surface area contributed by atoms with Gasteiger partial charge in [-0.2, -0.15) is 0 Å². The summed E-state index contributed by atoms with van der Waals surface area (Å²) in [6.07, 6.45) is 2.78. The normalized spacial score (nSPS) is 8.76. The van der Waals surface area contributed by atoms with E-state index in [1.165, 1.54) is 24.5 Å². The molecule has 0 aliphatic rings. The van der Waals surface area contributed by atoms with Gasteiger partial charge in [0.2, 0.25) is 0 Å². The fraction of sp³-hybridized carbons (Fsp3) is 0. The van der Waals surface area contributed by atoms with Crippen molar-refractivity contribution in [2.45, 2.75) is 0 Å². The molecule has 21 heavy (non-hydrogen) atoms. The summed E-state index contributed by atoms with van der Waals surface area (Å²) in [5.41, 5.74) is 10.7. The predicted octanol–water partition coefficient (Wildman–Crippen LogP) is 0.722. The van der Waals surface area contributed by atoms with E-state index < -0.39 is 11.9 Å². The van der Waals surface area contributed by atoms with Gasteiger partial charge in [-0.1, -0.05) is 0 Å². The SMILES string of the molecule is Nc1cccnc1C(=O)O.Nc1cccnc1C(=O)O.[Mn]. The molecule has 9 heteroatoms. The van der Waals surface area contributed by atoms with Crippen LogP contribution in [0.5, 0.6) is 0 Å². The molecule has 2 rings (SSSR count). The van der Waals surface area contributed by atoms with Gasteiger partial charge in [-0.05, 0) is 24.3 Å². The van der Waals surface area contributed by atoms with Crippen LogP contribution in [0.3, 0.4) is 0 Å². The summed E-state index contributed by atoms with van der Waals surface area (Å²) in [5, 5.41) is 16.8. The Kier molecular flexibility index (Phi) is 7.44. The third-order valence-electron chi connectivity index (χ3n) is 2.08. The molecular formula is C12H12MnN4O4. The molecule has 0 amide bonds. The molecule has 0 saturated heterocycles. The first-order valence-electron chi connectivity index (χ1n) is 5.31. The van der Waals surface area contributed by atoms with Gasteiger partial charge in [0.05, 0.1) is 11.4 Å². The first-order valence-corrected chi connectivity index (χ1v) is 5.31. The van der Waals surface area contributed by atoms with Gasteiger partial charge in [0, 0.05) is 29.5 Å². The van der Waals surface area contributed by atoms with E-state index in [1.807, 2.05) is 0 Å². The van der Waals surface area contributed by atoms with E-state index >= 15 is 0 Å². The Bertz CT molecular complexity index is 581. The minimum Gasteiger partial charge on any atom is -0.476 e. The molecule has 2 aromatic heterocycles. The smallest absolute Gasteiger partial charge is 0.356 e. The van der Waals surface area contributed by atoms with Crippen molar-refractivity contribution in [1.82, 2.24) is 9.97 Å². The average molecular weight is 331 g/mol. The van der Waals surface area contributed by atoms with Crippen LogP contribution in [0.15, 0.2) is 36.7 Å². The van der Waals surface area contributed by atoms with E-state index in [0.717, 1.165) is 0 Å². The first kappa shape index (κ1) is 18.4. The summed E-state index contributed by atoms with van der Waals surface area (Å²) >= 11 is 0. The van der Waals surface area contributed by atoms with E-state index in [4.69, 9.17) is 21.7 Å². The number of carboxylic acids is 2. The number of hydrogen-bond donors (Lipinski definition) is 4. The van der Waals surface area contributed by atoms with E-state index in [2.05, 4.69) is 9.97 Å². The number of nitrogen functional groups attached to an aromatic ring is 2. The molecule has 0 saturated carbocycles. The third-order valence-corrected chi connectivity index (χ3v) is 2.08. The summed E-state index contributed by atoms with van der Waals surface area (Å²) in [5.74, 6) is -2.20. The van der Waals surface area contributed by atoms with Gasteiger partial charge in [-0.25, -0.2) is 19.6 Å². The van der Waals surface area contributed by atoms with Crippen molar-refractivity contribution < 1.29 is 36.9 Å². The number of carboxylic acid groups (broad SMARTS) is 2. The van der Waals surface area contributed by atoms with Crippen LogP contribution in [0, 0.1) is 0 Å². The van der Waals surface area contributed by atoms with Gasteiger partial charge in [0.15, 0.2) is 11.4 Å². The van der Waals surface area contributed by atoms with Gasteiger partial charge >= 0.3 is 11.9 Å². The van der Waals surface area contributed by atoms with Crippen LogP contribution in [-0.4, -0.2) is 32.1 Å². The molecule has 111 valence electrons. The molecule has 1 radical (unpaired) electrons. The monoisotopic (exact) mass is 331 g/mol. The minimum absolute atomic E-state index is 0. The molecule has 0 unspecified atom stereocenters. The summed E-state index contributed by atoms with van der Waals surface area (Å²) < 4.78 is 0. The molecule has 2 heterocycles. The first-order chi connectivity index (χ1) is 9.43. The molecule has 0 spiro atoms. The van der Waals surface area contributed by atoms with Crippen LogP contribution < -0.4 is 11.5 Å². The fourth-order valence-corrected chi connectivity index (χ4v) is 1.19. The number of nitrogens with two attached hydrogens (primary N) is 2. The van der Waals surface area contributed by atoms with Gasteiger partial charge in [0.1, 0.15) is 0 Å². The van der Waals surface area contributed by atoms with Crippen LogP contribution in [0.4, 0.5) is 11.4 Å². The fourth-order valence-electron chi connectivity index (χ4n) is 1.19. The molecule has 0 aliphatic heterocycles. The largest absolute Gasteiger partial charge is 0.476 e. The molecule has 0 fully saturated rings. The second-order valence-corrected chi connectivity index (χ2v) is 3.49. The number of anilines is 2. The quantitative estimate of drug-likeness (QED) is 0.587. The maximum Gasteiger partial charge on any atom is 0.356 e. The van der Waals surface area contributed by atoms with Crippen LogP contribution in [-0.2, 0) is 17.1 Å². The van der Waals surface area contributed by atoms with Gasteiger partial charge in [-0.15, -0.1) is 0 Å². The van der Waals surface area contributed by atoms with E-state index in [0.29, 0.717) is 0 Å². The number of rotatable bonds is 2. The molecule has 0 bridgehead atoms. The van der Waals surface area contributed by atoms with Crippen molar-refractivity contribution >= 4 is 23.3 Å². The van der Waals surface area contributed by atoms with Gasteiger partial charge in [-0.3, -0.25) is 0 Å². The van der Waals surface area contributed by atoms with E-state index in [9.17, 15) is 9.59 Å². The van der Waals surface area contributed by atoms with Crippen molar-refractivity contribution in [2.75, 3.05) is 11.5 Å². The number of aromatic nitrogens is 2. The number of carbonyl (C=O) groups is 2. The summed E-state index contributed by atoms with van der Waals surface area (Å²) in [6, 6.07) is 6.16. The second kappa shape index (κ2) is 8.51. The molecular weight excluding hydrogens is 319 g/mol. The predicted molar refractivity (Wildman–Crippen MR) is 71.2 cm³/mol. The van der Waals surface area contributed by atoms with Gasteiger partial charge < -0.3 is 21.7 Å². The van der Waals surface area contributed by atoms with Crippen molar-refractivity contribution in [2.24, 2.45) is 0 Å². The van der Waals surface area contributed by atoms with Crippen LogP contribution in [0.2, 0.25) is 0 Å². The molecule has 0 aliphatic carbocycles. The van der Waals surface area contributed by atoms with E-state index in [1.54, 1.807) is 12.1 Å². The molecule has 2 aromatic rings. The molecule has 6 N–H and O–H groups in total. The number of hydrogen-bond acceptors (Lipinski definition) is 6. The third kappa shape index (κ3) is 5.47. The summed E-state index contributed by atoms with van der Waals surface area (Å²) in [7, 11) is 0. The van der Waals surface area contributed by atoms with Crippen LogP contribution in [0.1, 0.15) is 21.0 Å². The topological polar surface area (TPSA) is 152 Å². The van der Waals surface area contributed by atoms with Gasteiger partial charge in [0.25, 0.3) is 0 Å². The Morgan fingerprint density at radius 2 is 1.19 bits per heavy atom. The zero-order valence-electron chi connectivity index (χ0n) is 10.6. The van der Waals surface area contributed by atoms with Crippen molar-refractivity contribution in [3.05, 3.63) is 48.0 Å². The Balaban J connectivity index is 0.000000364. The number of pyridine rings is 2. The Morgan fingerprint density at radius 3 is 1.38 bits per heavy atom. The Morgan fingerprint density at radius 1 is 0.857 bits per heavy atom. The summed E-state index contributed by atoms with van der Waals surface area (Å²) in [4.78, 5) is 27.7. The van der Waals surface area contributed by atoms with Crippen molar-refractivity contribution in [3.8, 4) is 0 Å². The maximum absolute atomic E-state index is 10.3. The second-order valence-electron chi connectivity index (χ2n) is 3.49. The standard InChI is InChI=1S/2C6H6N2O2.Mn/c2*7-4-2-1-3-8-5(4)6(9)10;/h2*1-3H,7H2,(H,9,10);. The Labute approximate surface area is 130 Å². The number of nitrogens with zero attached hydrogens (tertiary/aromatic N) is 2. The van der Waals surface area contributed by atoms with Crippen molar-refractivity contribution in [1.29, 1.82) is 0 Å². The minimum atomic E-state index is -1.10. The maximum atomic E-state index is 10.3. The molecule has 8 nitrogen and oxygen atoms in total. The number of aromatic carboxylic acids is 2. The zero-order chi connectivity index (χ0) is 15.1. The van der Waals surface area contributed by atoms with Crippen LogP contribution in [0.25, 0.3) is 0 Å². The van der Waals surface area contributed by atoms with E-state index in [-0.39, 0.29) is 39.8 Å². The van der Waals surface area contributed by atoms with Crippen molar-refractivity contribution in [3.63, 3.8) is 0 Å². The summed E-state index contributed by atoms with van der Waals surface area (Å²) in [6.45, 7) is 0. The Hall–Kier alpha value is -2.64. The molecule has 0 aromatic carbocycles. The van der Waals surface area contributed by atoms with Crippen LogP contribution >= 0.6 is 0 Å². The average Bonchev–Trinajstić information content (AvgIpc) is 2.40. The molecule has 0 atom stereocenters.